The molecule has 38 heavy (non-hydrogen) atoms. The van der Waals surface area contributed by atoms with E-state index in [0.717, 1.165) is 24.2 Å². The van der Waals surface area contributed by atoms with Crippen LogP contribution in [-0.4, -0.2) is 42.8 Å². The number of esters is 1. The number of ether oxygens (including phenoxy) is 3. The lowest BCUT2D eigenvalue weighted by Gasteiger charge is -2.29. The fraction of sp³-hybridized carbons (Fsp3) is 0.500. The number of alkyl carbamates (subject to hydrolysis) is 1. The lowest BCUT2D eigenvalue weighted by Crippen LogP contribution is -2.46. The first-order valence-electron chi connectivity index (χ1n) is 13.4. The summed E-state index contributed by atoms with van der Waals surface area (Å²) < 4.78 is 16.5. The average molecular weight is 525 g/mol. The summed E-state index contributed by atoms with van der Waals surface area (Å²) in [5, 5.41) is 5.76. The first-order valence-corrected chi connectivity index (χ1v) is 13.4. The maximum Gasteiger partial charge on any atom is 0.407 e. The van der Waals surface area contributed by atoms with E-state index in [0.29, 0.717) is 37.5 Å². The van der Waals surface area contributed by atoms with E-state index in [-0.39, 0.29) is 18.4 Å². The van der Waals surface area contributed by atoms with Gasteiger partial charge in [0, 0.05) is 18.9 Å². The Labute approximate surface area is 225 Å². The molecule has 8 heteroatoms. The van der Waals surface area contributed by atoms with Crippen molar-refractivity contribution in [3.05, 3.63) is 60.2 Å². The van der Waals surface area contributed by atoms with Crippen molar-refractivity contribution < 1.29 is 28.6 Å². The third kappa shape index (κ3) is 9.72. The molecule has 0 spiro atoms. The Morgan fingerprint density at radius 2 is 1.63 bits per heavy atom. The Morgan fingerprint density at radius 3 is 2.29 bits per heavy atom. The Kier molecular flexibility index (Phi) is 10.6. The van der Waals surface area contributed by atoms with Gasteiger partial charge in [-0.2, -0.15) is 0 Å². The highest BCUT2D eigenvalue weighted by atomic mass is 16.6. The van der Waals surface area contributed by atoms with Gasteiger partial charge in [-0.1, -0.05) is 30.3 Å². The minimum atomic E-state index is -0.791. The van der Waals surface area contributed by atoms with Crippen molar-refractivity contribution in [3.63, 3.8) is 0 Å². The van der Waals surface area contributed by atoms with Crippen molar-refractivity contribution in [1.82, 2.24) is 10.6 Å². The van der Waals surface area contributed by atoms with E-state index in [4.69, 9.17) is 14.2 Å². The molecule has 2 aromatic rings. The number of amides is 2. The number of carbonyl (C=O) groups excluding carboxylic acids is 3. The maximum absolute atomic E-state index is 13.1. The summed E-state index contributed by atoms with van der Waals surface area (Å²) in [6.07, 6.45) is 2.90. The summed E-state index contributed by atoms with van der Waals surface area (Å²) in [5.41, 5.74) is 0.319. The molecule has 1 aliphatic carbocycles. The number of hydrogen-bond acceptors (Lipinski definition) is 6. The standard InChI is InChI=1S/C30H40N2O6/c1-5-36-28(34)26(19-22-10-9-13-25(18-22)37-24-11-7-6-8-12-24)32-27(33)23-16-14-21(15-17-23)20-31-29(35)38-30(2,3)4/h6-13,18,21,23,26H,5,14-17,19-20H2,1-4H3,(H,31,35)(H,32,33). The van der Waals surface area contributed by atoms with Crippen molar-refractivity contribution in [2.75, 3.05) is 13.2 Å². The van der Waals surface area contributed by atoms with E-state index >= 15 is 0 Å². The molecule has 1 atom stereocenters. The molecule has 8 nitrogen and oxygen atoms in total. The molecule has 3 rings (SSSR count). The van der Waals surface area contributed by atoms with E-state index in [2.05, 4.69) is 10.6 Å². The smallest absolute Gasteiger partial charge is 0.407 e. The highest BCUT2D eigenvalue weighted by Crippen LogP contribution is 2.29. The van der Waals surface area contributed by atoms with Crippen LogP contribution in [0.4, 0.5) is 4.79 Å². The van der Waals surface area contributed by atoms with Crippen LogP contribution in [0.5, 0.6) is 11.5 Å². The monoisotopic (exact) mass is 524 g/mol. The van der Waals surface area contributed by atoms with Crippen molar-refractivity contribution >= 4 is 18.0 Å². The quantitative estimate of drug-likeness (QED) is 0.404. The predicted octanol–water partition coefficient (Wildman–Crippen LogP) is 5.40. The third-order valence-electron chi connectivity index (χ3n) is 6.36. The topological polar surface area (TPSA) is 103 Å². The second kappa shape index (κ2) is 13.8. The zero-order valence-electron chi connectivity index (χ0n) is 22.8. The average Bonchev–Trinajstić information content (AvgIpc) is 2.87. The van der Waals surface area contributed by atoms with Crippen LogP contribution in [0, 0.1) is 11.8 Å². The molecule has 0 radical (unpaired) electrons. The van der Waals surface area contributed by atoms with E-state index < -0.39 is 23.7 Å². The Hall–Kier alpha value is -3.55. The highest BCUT2D eigenvalue weighted by Gasteiger charge is 2.30. The van der Waals surface area contributed by atoms with Crippen molar-refractivity contribution in [2.24, 2.45) is 11.8 Å². The zero-order chi connectivity index (χ0) is 27.5. The largest absolute Gasteiger partial charge is 0.464 e. The molecule has 1 unspecified atom stereocenters. The van der Waals surface area contributed by atoms with Gasteiger partial charge in [0.1, 0.15) is 23.1 Å². The van der Waals surface area contributed by atoms with Gasteiger partial charge in [0.15, 0.2) is 0 Å². The van der Waals surface area contributed by atoms with E-state index in [1.807, 2.05) is 75.4 Å². The van der Waals surface area contributed by atoms with Crippen molar-refractivity contribution in [3.8, 4) is 11.5 Å². The normalized spacial score (nSPS) is 18.1. The van der Waals surface area contributed by atoms with Crippen LogP contribution in [0.2, 0.25) is 0 Å². The zero-order valence-corrected chi connectivity index (χ0v) is 22.8. The molecule has 206 valence electrons. The lowest BCUT2D eigenvalue weighted by molar-refractivity contribution is -0.148. The van der Waals surface area contributed by atoms with Crippen LogP contribution in [-0.2, 0) is 25.5 Å². The van der Waals surface area contributed by atoms with E-state index in [9.17, 15) is 14.4 Å². The van der Waals surface area contributed by atoms with Crippen LogP contribution >= 0.6 is 0 Å². The van der Waals surface area contributed by atoms with Gasteiger partial charge in [0.2, 0.25) is 5.91 Å². The molecule has 0 aromatic heterocycles. The summed E-state index contributed by atoms with van der Waals surface area (Å²) in [5.74, 6) is 0.888. The molecule has 1 aliphatic rings. The van der Waals surface area contributed by atoms with Crippen LogP contribution in [0.3, 0.4) is 0 Å². The number of rotatable bonds is 10. The summed E-state index contributed by atoms with van der Waals surface area (Å²) in [4.78, 5) is 37.8. The molecule has 0 heterocycles. The van der Waals surface area contributed by atoms with Gasteiger partial charge in [-0.05, 0) is 89.1 Å². The minimum Gasteiger partial charge on any atom is -0.464 e. The van der Waals surface area contributed by atoms with Crippen LogP contribution in [0.1, 0.15) is 58.9 Å². The van der Waals surface area contributed by atoms with Gasteiger partial charge in [-0.3, -0.25) is 4.79 Å². The Balaban J connectivity index is 1.54. The molecule has 0 bridgehead atoms. The summed E-state index contributed by atoms with van der Waals surface area (Å²) in [6.45, 7) is 7.99. The Bertz CT molecular complexity index is 1060. The molecule has 0 saturated heterocycles. The first kappa shape index (κ1) is 29.0. The first-order chi connectivity index (χ1) is 18.1. The number of hydrogen-bond donors (Lipinski definition) is 2. The fourth-order valence-corrected chi connectivity index (χ4v) is 4.49. The number of para-hydroxylation sites is 1. The lowest BCUT2D eigenvalue weighted by atomic mass is 9.81. The molecule has 1 fully saturated rings. The number of nitrogens with one attached hydrogen (secondary N) is 2. The van der Waals surface area contributed by atoms with Crippen LogP contribution in [0.25, 0.3) is 0 Å². The van der Waals surface area contributed by atoms with Crippen LogP contribution in [0.15, 0.2) is 54.6 Å². The van der Waals surface area contributed by atoms with E-state index in [1.54, 1.807) is 6.92 Å². The second-order valence-corrected chi connectivity index (χ2v) is 10.7. The molecule has 2 amide bonds. The Morgan fingerprint density at radius 1 is 0.947 bits per heavy atom. The predicted molar refractivity (Wildman–Crippen MR) is 145 cm³/mol. The number of carbonyl (C=O) groups is 3. The van der Waals surface area contributed by atoms with Gasteiger partial charge in [-0.25, -0.2) is 9.59 Å². The van der Waals surface area contributed by atoms with Gasteiger partial charge in [-0.15, -0.1) is 0 Å². The molecular weight excluding hydrogens is 484 g/mol. The molecule has 1 saturated carbocycles. The molecular formula is C30H40N2O6. The fourth-order valence-electron chi connectivity index (χ4n) is 4.49. The van der Waals surface area contributed by atoms with E-state index in [1.165, 1.54) is 0 Å². The van der Waals surface area contributed by atoms with Gasteiger partial charge >= 0.3 is 12.1 Å². The van der Waals surface area contributed by atoms with Crippen molar-refractivity contribution in [2.45, 2.75) is 71.4 Å². The SMILES string of the molecule is CCOC(=O)C(Cc1cccc(Oc2ccccc2)c1)NC(=O)C1CCC(CNC(=O)OC(C)(C)C)CC1. The third-order valence-corrected chi connectivity index (χ3v) is 6.36. The van der Waals surface area contributed by atoms with Crippen LogP contribution < -0.4 is 15.4 Å². The molecule has 2 N–H and O–H groups in total. The molecule has 0 aliphatic heterocycles. The van der Waals surface area contributed by atoms with Gasteiger partial charge in [0.05, 0.1) is 6.61 Å². The van der Waals surface area contributed by atoms with Gasteiger partial charge in [0.25, 0.3) is 0 Å². The second-order valence-electron chi connectivity index (χ2n) is 10.7. The summed E-state index contributed by atoms with van der Waals surface area (Å²) >= 11 is 0. The summed E-state index contributed by atoms with van der Waals surface area (Å²) in [6, 6.07) is 16.2. The summed E-state index contributed by atoms with van der Waals surface area (Å²) in [7, 11) is 0. The van der Waals surface area contributed by atoms with Crippen molar-refractivity contribution in [1.29, 1.82) is 0 Å². The highest BCUT2D eigenvalue weighted by molar-refractivity contribution is 5.86. The molecule has 2 aromatic carbocycles. The maximum atomic E-state index is 13.1. The van der Waals surface area contributed by atoms with Gasteiger partial charge < -0.3 is 24.8 Å². The minimum absolute atomic E-state index is 0.140. The number of benzene rings is 2.